The van der Waals surface area contributed by atoms with Gasteiger partial charge in [-0.25, -0.2) is 4.79 Å². The maximum atomic E-state index is 11.7. The molecule has 0 atom stereocenters. The minimum Gasteiger partial charge on any atom is -0.480 e. The minimum absolute atomic E-state index is 0.0390. The topological polar surface area (TPSA) is 124 Å². The molecule has 1 aromatic rings. The molecule has 0 aromatic heterocycles. The Balaban J connectivity index is 2.92. The molecule has 0 unspecified atom stereocenters. The van der Waals surface area contributed by atoms with Crippen LogP contribution in [-0.4, -0.2) is 48.5 Å². The number of aliphatic carboxylic acids is 1. The molecule has 0 saturated carbocycles. The van der Waals surface area contributed by atoms with Gasteiger partial charge in [-0.1, -0.05) is 6.07 Å². The van der Waals surface area contributed by atoms with Crippen molar-refractivity contribution in [2.45, 2.75) is 0 Å². The monoisotopic (exact) mass is 288 g/mol. The second kappa shape index (κ2) is 5.67. The highest BCUT2D eigenvalue weighted by Crippen LogP contribution is 2.13. The number of anilines is 1. The molecule has 1 rings (SSSR count). The molecule has 0 radical (unpaired) electrons. The van der Waals surface area contributed by atoms with Gasteiger partial charge < -0.3 is 10.2 Å². The second-order valence-corrected chi connectivity index (χ2v) is 5.42. The Morgan fingerprint density at radius 2 is 1.95 bits per heavy atom. The van der Waals surface area contributed by atoms with Gasteiger partial charge in [0, 0.05) is 7.05 Å². The maximum Gasteiger partial charge on any atom is 0.335 e. The lowest BCUT2D eigenvalue weighted by molar-refractivity contribution is -0.137. The van der Waals surface area contributed by atoms with E-state index in [-0.39, 0.29) is 11.3 Å². The Bertz CT molecular complexity index is 598. The van der Waals surface area contributed by atoms with Gasteiger partial charge in [0.15, 0.2) is 0 Å². The van der Waals surface area contributed by atoms with E-state index in [4.69, 9.17) is 10.2 Å². The first-order chi connectivity index (χ1) is 8.72. The van der Waals surface area contributed by atoms with Gasteiger partial charge in [0.25, 0.3) is 0 Å². The highest BCUT2D eigenvalue weighted by molar-refractivity contribution is 7.90. The first-order valence-electron chi connectivity index (χ1n) is 5.01. The zero-order valence-electron chi connectivity index (χ0n) is 9.90. The second-order valence-electron chi connectivity index (χ2n) is 3.64. The number of likely N-dealkylation sites (N-methyl/N-ethyl adjacent to an activating group) is 1. The summed E-state index contributed by atoms with van der Waals surface area (Å²) in [6.07, 6.45) is 0. The van der Waals surface area contributed by atoms with Gasteiger partial charge in [-0.05, 0) is 18.2 Å². The number of benzene rings is 1. The molecule has 8 nitrogen and oxygen atoms in total. The summed E-state index contributed by atoms with van der Waals surface area (Å²) in [4.78, 5) is 21.2. The molecule has 0 amide bonds. The number of carbonyl (C=O) groups is 2. The van der Waals surface area contributed by atoms with Crippen molar-refractivity contribution in [3.63, 3.8) is 0 Å². The van der Waals surface area contributed by atoms with Crippen LogP contribution >= 0.6 is 0 Å². The van der Waals surface area contributed by atoms with E-state index in [0.717, 1.165) is 13.1 Å². The summed E-state index contributed by atoms with van der Waals surface area (Å²) in [6, 6.07) is 5.17. The van der Waals surface area contributed by atoms with Crippen molar-refractivity contribution >= 4 is 27.8 Å². The van der Waals surface area contributed by atoms with Crippen molar-refractivity contribution in [1.29, 1.82) is 0 Å². The smallest absolute Gasteiger partial charge is 0.335 e. The van der Waals surface area contributed by atoms with Crippen molar-refractivity contribution < 1.29 is 28.2 Å². The molecule has 0 aliphatic rings. The number of nitrogens with one attached hydrogen (secondary N) is 1. The lowest BCUT2D eigenvalue weighted by atomic mass is 10.2. The number of aromatic carboxylic acids is 1. The highest BCUT2D eigenvalue weighted by atomic mass is 32.2. The fourth-order valence-electron chi connectivity index (χ4n) is 1.22. The minimum atomic E-state index is -4.04. The molecular weight excluding hydrogens is 276 g/mol. The molecule has 0 heterocycles. The summed E-state index contributed by atoms with van der Waals surface area (Å²) in [5.74, 6) is -2.49. The van der Waals surface area contributed by atoms with E-state index in [9.17, 15) is 18.0 Å². The Morgan fingerprint density at radius 1 is 1.32 bits per heavy atom. The molecule has 0 bridgehead atoms. The van der Waals surface area contributed by atoms with Crippen molar-refractivity contribution in [3.05, 3.63) is 29.8 Å². The summed E-state index contributed by atoms with van der Waals surface area (Å²) >= 11 is 0. The zero-order chi connectivity index (χ0) is 14.6. The number of carboxylic acid groups (broad SMARTS) is 2. The number of nitrogens with zero attached hydrogens (tertiary/aromatic N) is 1. The van der Waals surface area contributed by atoms with E-state index in [1.54, 1.807) is 0 Å². The van der Waals surface area contributed by atoms with Crippen LogP contribution in [0.4, 0.5) is 5.69 Å². The van der Waals surface area contributed by atoms with Gasteiger partial charge in [-0.3, -0.25) is 9.52 Å². The molecule has 0 spiro atoms. The molecule has 0 aliphatic carbocycles. The average molecular weight is 288 g/mol. The molecule has 3 N–H and O–H groups in total. The van der Waals surface area contributed by atoms with Crippen LogP contribution in [0.5, 0.6) is 0 Å². The third-order valence-corrected chi connectivity index (χ3v) is 3.57. The van der Waals surface area contributed by atoms with Gasteiger partial charge in [0.05, 0.1) is 11.3 Å². The fraction of sp³-hybridized carbons (Fsp3) is 0.200. The van der Waals surface area contributed by atoms with Gasteiger partial charge >= 0.3 is 22.1 Å². The van der Waals surface area contributed by atoms with Gasteiger partial charge in [-0.15, -0.1) is 0 Å². The average Bonchev–Trinajstić information content (AvgIpc) is 2.27. The lowest BCUT2D eigenvalue weighted by Crippen LogP contribution is -2.36. The zero-order valence-corrected chi connectivity index (χ0v) is 10.7. The number of hydrogen-bond acceptors (Lipinski definition) is 4. The molecule has 0 aliphatic heterocycles. The molecule has 1 aromatic carbocycles. The number of rotatable bonds is 6. The summed E-state index contributed by atoms with van der Waals surface area (Å²) in [5.41, 5.74) is -0.0433. The molecule has 0 saturated heterocycles. The lowest BCUT2D eigenvalue weighted by Gasteiger charge is -2.16. The van der Waals surface area contributed by atoms with Gasteiger partial charge in [-0.2, -0.15) is 12.7 Å². The molecule has 9 heteroatoms. The van der Waals surface area contributed by atoms with Crippen LogP contribution in [-0.2, 0) is 15.0 Å². The van der Waals surface area contributed by atoms with Crippen LogP contribution < -0.4 is 4.72 Å². The molecule has 19 heavy (non-hydrogen) atoms. The summed E-state index contributed by atoms with van der Waals surface area (Å²) < 4.78 is 26.1. The number of hydrogen-bond donors (Lipinski definition) is 3. The van der Waals surface area contributed by atoms with Crippen LogP contribution in [0.2, 0.25) is 0 Å². The van der Waals surface area contributed by atoms with Gasteiger partial charge in [0.1, 0.15) is 6.54 Å². The first kappa shape index (κ1) is 14.9. The van der Waals surface area contributed by atoms with Crippen LogP contribution in [0, 0.1) is 0 Å². The quantitative estimate of drug-likeness (QED) is 0.679. The molecule has 104 valence electrons. The largest absolute Gasteiger partial charge is 0.480 e. The normalized spacial score (nSPS) is 11.3. The fourth-order valence-corrected chi connectivity index (χ4v) is 2.08. The molecule has 0 fully saturated rings. The Hall–Kier alpha value is -2.13. The SMILES string of the molecule is CN(CC(=O)O)S(=O)(=O)Nc1cccc(C(=O)O)c1. The van der Waals surface area contributed by atoms with Crippen molar-refractivity contribution in [2.24, 2.45) is 0 Å². The van der Waals surface area contributed by atoms with Crippen molar-refractivity contribution in [3.8, 4) is 0 Å². The summed E-state index contributed by atoms with van der Waals surface area (Å²) in [6.45, 7) is -0.700. The number of carboxylic acids is 2. The van der Waals surface area contributed by atoms with Crippen LogP contribution in [0.15, 0.2) is 24.3 Å². The van der Waals surface area contributed by atoms with E-state index in [1.807, 2.05) is 0 Å². The standard InChI is InChI=1S/C10H12N2O6S/c1-12(6-9(13)14)19(17,18)11-8-4-2-3-7(5-8)10(15)16/h2-5,11H,6H2,1H3,(H,13,14)(H,15,16). The maximum absolute atomic E-state index is 11.7. The highest BCUT2D eigenvalue weighted by Gasteiger charge is 2.20. The third kappa shape index (κ3) is 4.23. The Labute approximate surface area is 109 Å². The Kier molecular flexibility index (Phi) is 4.46. The predicted molar refractivity (Wildman–Crippen MR) is 66.2 cm³/mol. The van der Waals surface area contributed by atoms with E-state index in [0.29, 0.717) is 4.31 Å². The van der Waals surface area contributed by atoms with Gasteiger partial charge in [0.2, 0.25) is 0 Å². The first-order valence-corrected chi connectivity index (χ1v) is 6.45. The Morgan fingerprint density at radius 3 is 2.47 bits per heavy atom. The van der Waals surface area contributed by atoms with Crippen LogP contribution in [0.1, 0.15) is 10.4 Å². The summed E-state index contributed by atoms with van der Waals surface area (Å²) in [7, 11) is -2.95. The van der Waals surface area contributed by atoms with Crippen molar-refractivity contribution in [1.82, 2.24) is 4.31 Å². The summed E-state index contributed by atoms with van der Waals surface area (Å²) in [5, 5.41) is 17.3. The third-order valence-electron chi connectivity index (χ3n) is 2.12. The van der Waals surface area contributed by atoms with E-state index in [2.05, 4.69) is 4.72 Å². The van der Waals surface area contributed by atoms with Crippen LogP contribution in [0.3, 0.4) is 0 Å². The predicted octanol–water partition coefficient (Wildman–Crippen LogP) is 0.0579. The van der Waals surface area contributed by atoms with Crippen molar-refractivity contribution in [2.75, 3.05) is 18.3 Å². The molecular formula is C10H12N2O6S. The van der Waals surface area contributed by atoms with E-state index in [1.165, 1.54) is 18.2 Å². The van der Waals surface area contributed by atoms with E-state index >= 15 is 0 Å². The van der Waals surface area contributed by atoms with Crippen LogP contribution in [0.25, 0.3) is 0 Å². The van der Waals surface area contributed by atoms with E-state index < -0.39 is 28.7 Å².